The van der Waals surface area contributed by atoms with Gasteiger partial charge in [0, 0.05) is 24.3 Å². The van der Waals surface area contributed by atoms with Gasteiger partial charge in [0.15, 0.2) is 0 Å². The predicted octanol–water partition coefficient (Wildman–Crippen LogP) is 3.50. The second-order valence-electron chi connectivity index (χ2n) is 12.7. The number of carbonyl (C=O) groups excluding carboxylic acids is 3. The Labute approximate surface area is 207 Å². The van der Waals surface area contributed by atoms with Gasteiger partial charge in [-0.15, -0.1) is 0 Å². The van der Waals surface area contributed by atoms with E-state index in [-0.39, 0.29) is 48.1 Å². The summed E-state index contributed by atoms with van der Waals surface area (Å²) in [6.45, 7) is 6.39. The lowest BCUT2D eigenvalue weighted by molar-refractivity contribution is -0.249. The number of esters is 2. The summed E-state index contributed by atoms with van der Waals surface area (Å²) in [5.41, 5.74) is -2.53. The zero-order chi connectivity index (χ0) is 25.2. The molecule has 0 bridgehead atoms. The van der Waals surface area contributed by atoms with Crippen LogP contribution in [0.25, 0.3) is 0 Å². The Kier molecular flexibility index (Phi) is 5.99. The summed E-state index contributed by atoms with van der Waals surface area (Å²) >= 11 is 0. The van der Waals surface area contributed by atoms with Crippen molar-refractivity contribution < 1.29 is 34.1 Å². The van der Waals surface area contributed by atoms with Crippen LogP contribution in [0.1, 0.15) is 85.0 Å². The molecule has 8 atom stereocenters. The molecule has 0 aromatic heterocycles. The van der Waals surface area contributed by atoms with Crippen LogP contribution < -0.4 is 0 Å². The van der Waals surface area contributed by atoms with Crippen LogP contribution in [0.2, 0.25) is 0 Å². The minimum absolute atomic E-state index is 0.0870. The third-order valence-corrected chi connectivity index (χ3v) is 10.7. The van der Waals surface area contributed by atoms with Crippen LogP contribution in [0.3, 0.4) is 0 Å². The van der Waals surface area contributed by atoms with Gasteiger partial charge in [0.2, 0.25) is 0 Å². The standard InChI is InChI=1S/C28H40O7/c1-17(2)12-24(31)35-19-4-9-26(16-29)21-5-8-25(3)20(18-13-23(30)34-15-18)7-11-28(25,33)22(21)6-10-27(26,32)14-19/h13,16-17,19-22,32-33H,4-12,14-15H2,1-3H3/t19-,20+,21?,22?,25+,26-,27-,28-/m0/s1. The number of hydrogen-bond acceptors (Lipinski definition) is 7. The normalized spacial score (nSPS) is 46.8. The van der Waals surface area contributed by atoms with Gasteiger partial charge in [0.05, 0.1) is 16.6 Å². The van der Waals surface area contributed by atoms with E-state index in [1.807, 2.05) is 13.8 Å². The summed E-state index contributed by atoms with van der Waals surface area (Å²) in [4.78, 5) is 36.9. The lowest BCUT2D eigenvalue weighted by Crippen LogP contribution is -2.69. The highest BCUT2D eigenvalue weighted by Crippen LogP contribution is 2.70. The number of fused-ring (bicyclic) bond motifs is 5. The van der Waals surface area contributed by atoms with Gasteiger partial charge in [-0.05, 0) is 80.6 Å². The summed E-state index contributed by atoms with van der Waals surface area (Å²) in [7, 11) is 0. The number of rotatable bonds is 5. The van der Waals surface area contributed by atoms with E-state index in [2.05, 4.69) is 6.92 Å². The number of aliphatic hydroxyl groups is 2. The number of hydrogen-bond donors (Lipinski definition) is 2. The van der Waals surface area contributed by atoms with Crippen LogP contribution in [0.15, 0.2) is 11.6 Å². The maximum absolute atomic E-state index is 12.8. The molecule has 1 heterocycles. The molecule has 0 amide bonds. The molecule has 7 heteroatoms. The fourth-order valence-corrected chi connectivity index (χ4v) is 8.99. The molecule has 4 fully saturated rings. The number of carbonyl (C=O) groups is 3. The van der Waals surface area contributed by atoms with Gasteiger partial charge in [-0.25, -0.2) is 4.79 Å². The van der Waals surface area contributed by atoms with Gasteiger partial charge in [-0.3, -0.25) is 4.79 Å². The highest BCUT2D eigenvalue weighted by molar-refractivity contribution is 5.85. The lowest BCUT2D eigenvalue weighted by Gasteiger charge is -2.65. The zero-order valence-electron chi connectivity index (χ0n) is 21.3. The molecule has 35 heavy (non-hydrogen) atoms. The van der Waals surface area contributed by atoms with Gasteiger partial charge in [0.25, 0.3) is 0 Å². The summed E-state index contributed by atoms with van der Waals surface area (Å²) in [6.07, 6.45) is 7.81. The molecule has 0 radical (unpaired) electrons. The van der Waals surface area contributed by atoms with Crippen molar-refractivity contribution >= 4 is 18.2 Å². The Bertz CT molecular complexity index is 942. The molecule has 5 aliphatic rings. The lowest BCUT2D eigenvalue weighted by atomic mass is 9.41. The minimum atomic E-state index is -1.23. The molecule has 0 saturated heterocycles. The molecule has 4 saturated carbocycles. The van der Waals surface area contributed by atoms with Crippen LogP contribution in [0, 0.1) is 34.5 Å². The third-order valence-electron chi connectivity index (χ3n) is 10.7. The summed E-state index contributed by atoms with van der Waals surface area (Å²) in [6, 6.07) is 0. The van der Waals surface area contributed by atoms with E-state index in [0.717, 1.165) is 31.1 Å². The topological polar surface area (TPSA) is 110 Å². The number of ether oxygens (including phenoxy) is 2. The quantitative estimate of drug-likeness (QED) is 0.450. The molecule has 194 valence electrons. The SMILES string of the molecule is CC(C)CC(=O)O[C@H]1CC[C@]2(C=O)C3CC[C@]4(C)[C@@H](C5=CC(=O)OC5)CC[C@]4(O)C3CC[C@]2(O)C1. The van der Waals surface area contributed by atoms with Crippen LogP contribution in [-0.2, 0) is 23.9 Å². The fraction of sp³-hybridized carbons (Fsp3) is 0.821. The van der Waals surface area contributed by atoms with Gasteiger partial charge in [-0.2, -0.15) is 0 Å². The van der Waals surface area contributed by atoms with Crippen molar-refractivity contribution in [2.45, 2.75) is 102 Å². The maximum Gasteiger partial charge on any atom is 0.331 e. The van der Waals surface area contributed by atoms with Crippen LogP contribution in [0.5, 0.6) is 0 Å². The molecule has 7 nitrogen and oxygen atoms in total. The Morgan fingerprint density at radius 1 is 1.14 bits per heavy atom. The zero-order valence-corrected chi connectivity index (χ0v) is 21.3. The summed E-state index contributed by atoms with van der Waals surface area (Å²) in [5, 5.41) is 24.2. The molecule has 0 spiro atoms. The van der Waals surface area contributed by atoms with Crippen molar-refractivity contribution in [3.05, 3.63) is 11.6 Å². The summed E-state index contributed by atoms with van der Waals surface area (Å²) < 4.78 is 10.9. The number of cyclic esters (lactones) is 1. The van der Waals surface area contributed by atoms with E-state index in [1.54, 1.807) is 6.08 Å². The second-order valence-corrected chi connectivity index (χ2v) is 12.7. The maximum atomic E-state index is 12.8. The molecule has 2 unspecified atom stereocenters. The largest absolute Gasteiger partial charge is 0.462 e. The van der Waals surface area contributed by atoms with E-state index < -0.39 is 22.0 Å². The van der Waals surface area contributed by atoms with Gasteiger partial charge < -0.3 is 24.5 Å². The van der Waals surface area contributed by atoms with Gasteiger partial charge >= 0.3 is 11.9 Å². The third kappa shape index (κ3) is 3.55. The molecule has 2 N–H and O–H groups in total. The summed E-state index contributed by atoms with van der Waals surface area (Å²) in [5.74, 6) is -0.459. The first-order chi connectivity index (χ1) is 16.5. The molecular formula is C28H40O7. The first-order valence-electron chi connectivity index (χ1n) is 13.5. The Morgan fingerprint density at radius 3 is 2.54 bits per heavy atom. The first kappa shape index (κ1) is 24.9. The molecule has 0 aromatic rings. The van der Waals surface area contributed by atoms with Gasteiger partial charge in [0.1, 0.15) is 19.0 Å². The second kappa shape index (κ2) is 8.41. The highest BCUT2D eigenvalue weighted by Gasteiger charge is 2.71. The van der Waals surface area contributed by atoms with Gasteiger partial charge in [-0.1, -0.05) is 20.8 Å². The fourth-order valence-electron chi connectivity index (χ4n) is 8.99. The Hall–Kier alpha value is -1.73. The number of aldehydes is 1. The highest BCUT2D eigenvalue weighted by atomic mass is 16.5. The van der Waals surface area contributed by atoms with Crippen LogP contribution >= 0.6 is 0 Å². The van der Waals surface area contributed by atoms with Crippen molar-refractivity contribution in [3.8, 4) is 0 Å². The van der Waals surface area contributed by atoms with E-state index >= 15 is 0 Å². The monoisotopic (exact) mass is 488 g/mol. The Balaban J connectivity index is 1.39. The van der Waals surface area contributed by atoms with Crippen molar-refractivity contribution in [3.63, 3.8) is 0 Å². The smallest absolute Gasteiger partial charge is 0.331 e. The van der Waals surface area contributed by atoms with Crippen LogP contribution in [-0.4, -0.2) is 52.4 Å². The minimum Gasteiger partial charge on any atom is -0.462 e. The van der Waals surface area contributed by atoms with Crippen LogP contribution in [0.4, 0.5) is 0 Å². The van der Waals surface area contributed by atoms with E-state index in [9.17, 15) is 24.6 Å². The van der Waals surface area contributed by atoms with E-state index in [1.165, 1.54) is 0 Å². The Morgan fingerprint density at radius 2 is 1.89 bits per heavy atom. The van der Waals surface area contributed by atoms with E-state index in [4.69, 9.17) is 9.47 Å². The van der Waals surface area contributed by atoms with E-state index in [0.29, 0.717) is 45.1 Å². The first-order valence-corrected chi connectivity index (χ1v) is 13.5. The van der Waals surface area contributed by atoms with Crippen molar-refractivity contribution in [1.82, 2.24) is 0 Å². The van der Waals surface area contributed by atoms with Crippen molar-refractivity contribution in [2.75, 3.05) is 6.61 Å². The van der Waals surface area contributed by atoms with Crippen molar-refractivity contribution in [2.24, 2.45) is 34.5 Å². The molecule has 5 rings (SSSR count). The average Bonchev–Trinajstić information content (AvgIpc) is 3.32. The molecular weight excluding hydrogens is 448 g/mol. The van der Waals surface area contributed by atoms with Crippen molar-refractivity contribution in [1.29, 1.82) is 0 Å². The predicted molar refractivity (Wildman–Crippen MR) is 127 cm³/mol. The molecule has 0 aromatic carbocycles. The molecule has 4 aliphatic carbocycles. The average molecular weight is 489 g/mol. The molecule has 1 aliphatic heterocycles.